The number of anilines is 1. The predicted octanol–water partition coefficient (Wildman–Crippen LogP) is 2.01. The molecule has 5 aromatic heterocycles. The standard InChI is InChI=1S/C28H25N9O4/c1-17-33-16-37(34-17)27-23-22(21(41-2)15-32-27)19(14-31-23)25(39)28(40)36-12-10-35(11-13-36)26-18(6-5-9-30-26)24(38)20-7-3-4-8-29-20/h3-9,14-16,31H,10-13H2,1-2H3. The zero-order valence-electron chi connectivity index (χ0n) is 22.3. The number of ketones is 2. The molecular formula is C28H25N9O4. The van der Waals surface area contributed by atoms with Gasteiger partial charge in [0.1, 0.15) is 29.4 Å². The van der Waals surface area contributed by atoms with Gasteiger partial charge < -0.3 is 19.5 Å². The number of hydrogen-bond donors (Lipinski definition) is 1. The number of aryl methyl sites for hydroxylation is 1. The van der Waals surface area contributed by atoms with Crippen molar-refractivity contribution in [1.82, 2.24) is 39.6 Å². The lowest BCUT2D eigenvalue weighted by Gasteiger charge is -2.35. The van der Waals surface area contributed by atoms with Crippen LogP contribution in [0.2, 0.25) is 0 Å². The quantitative estimate of drug-likeness (QED) is 0.235. The van der Waals surface area contributed by atoms with Crippen molar-refractivity contribution in [2.45, 2.75) is 6.92 Å². The molecule has 0 aliphatic carbocycles. The summed E-state index contributed by atoms with van der Waals surface area (Å²) in [5, 5.41) is 4.74. The molecule has 5 aromatic rings. The summed E-state index contributed by atoms with van der Waals surface area (Å²) >= 11 is 0. The number of fused-ring (bicyclic) bond motifs is 1. The summed E-state index contributed by atoms with van der Waals surface area (Å²) in [6.07, 6.45) is 7.69. The molecule has 206 valence electrons. The maximum Gasteiger partial charge on any atom is 0.295 e. The van der Waals surface area contributed by atoms with Gasteiger partial charge in [0, 0.05) is 44.8 Å². The number of Topliss-reactive ketones (excluding diaryl/α,β-unsaturated/α-hetero) is 1. The van der Waals surface area contributed by atoms with Gasteiger partial charge in [-0.25, -0.2) is 19.6 Å². The zero-order chi connectivity index (χ0) is 28.5. The number of pyridine rings is 3. The summed E-state index contributed by atoms with van der Waals surface area (Å²) in [6, 6.07) is 8.59. The van der Waals surface area contributed by atoms with Crippen LogP contribution in [0.5, 0.6) is 5.75 Å². The van der Waals surface area contributed by atoms with E-state index in [1.807, 2.05) is 4.90 Å². The number of methoxy groups -OCH3 is 1. The van der Waals surface area contributed by atoms with Crippen LogP contribution in [-0.4, -0.2) is 90.4 Å². The van der Waals surface area contributed by atoms with E-state index >= 15 is 0 Å². The van der Waals surface area contributed by atoms with Gasteiger partial charge in [-0.15, -0.1) is 0 Å². The minimum Gasteiger partial charge on any atom is -0.494 e. The number of hydrogen-bond acceptors (Lipinski definition) is 10. The van der Waals surface area contributed by atoms with Crippen molar-refractivity contribution >= 4 is 34.2 Å². The van der Waals surface area contributed by atoms with Crippen molar-refractivity contribution in [3.63, 3.8) is 0 Å². The summed E-state index contributed by atoms with van der Waals surface area (Å²) < 4.78 is 6.97. The maximum absolute atomic E-state index is 13.5. The van der Waals surface area contributed by atoms with E-state index in [0.29, 0.717) is 58.5 Å². The molecular weight excluding hydrogens is 526 g/mol. The molecule has 0 radical (unpaired) electrons. The Kier molecular flexibility index (Phi) is 6.67. The molecule has 0 spiro atoms. The van der Waals surface area contributed by atoms with Gasteiger partial charge >= 0.3 is 0 Å². The number of nitrogens with one attached hydrogen (secondary N) is 1. The largest absolute Gasteiger partial charge is 0.494 e. The molecule has 41 heavy (non-hydrogen) atoms. The second-order valence-corrected chi connectivity index (χ2v) is 9.37. The molecule has 0 saturated carbocycles. The molecule has 1 aliphatic rings. The molecule has 0 unspecified atom stereocenters. The predicted molar refractivity (Wildman–Crippen MR) is 147 cm³/mol. The Bertz CT molecular complexity index is 1770. The van der Waals surface area contributed by atoms with E-state index in [1.165, 1.54) is 35.4 Å². The van der Waals surface area contributed by atoms with Crippen molar-refractivity contribution in [3.05, 3.63) is 84.1 Å². The van der Waals surface area contributed by atoms with Crippen LogP contribution in [0, 0.1) is 6.92 Å². The fourth-order valence-electron chi connectivity index (χ4n) is 4.90. The number of rotatable bonds is 7. The Morgan fingerprint density at radius 2 is 1.71 bits per heavy atom. The van der Waals surface area contributed by atoms with Crippen LogP contribution in [0.15, 0.2) is 61.4 Å². The van der Waals surface area contributed by atoms with Crippen LogP contribution < -0.4 is 9.64 Å². The number of carbonyl (C=O) groups excluding carboxylic acids is 3. The molecule has 1 aliphatic heterocycles. The van der Waals surface area contributed by atoms with Crippen molar-refractivity contribution in [2.75, 3.05) is 38.2 Å². The maximum atomic E-state index is 13.5. The zero-order valence-corrected chi connectivity index (χ0v) is 22.3. The molecule has 1 saturated heterocycles. The van der Waals surface area contributed by atoms with Crippen molar-refractivity contribution in [1.29, 1.82) is 0 Å². The number of aromatic amines is 1. The molecule has 13 nitrogen and oxygen atoms in total. The van der Waals surface area contributed by atoms with Crippen molar-refractivity contribution in [3.8, 4) is 11.6 Å². The third-order valence-electron chi connectivity index (χ3n) is 6.93. The Morgan fingerprint density at radius 3 is 2.41 bits per heavy atom. The third-order valence-corrected chi connectivity index (χ3v) is 6.93. The molecule has 6 heterocycles. The second kappa shape index (κ2) is 10.6. The fourth-order valence-corrected chi connectivity index (χ4v) is 4.90. The topological polar surface area (TPSA) is 152 Å². The minimum absolute atomic E-state index is 0.178. The minimum atomic E-state index is -0.668. The highest BCUT2D eigenvalue weighted by molar-refractivity contribution is 6.45. The first kappa shape index (κ1) is 25.8. The van der Waals surface area contributed by atoms with Gasteiger partial charge in [0.2, 0.25) is 5.78 Å². The lowest BCUT2D eigenvalue weighted by molar-refractivity contribution is -0.126. The summed E-state index contributed by atoms with van der Waals surface area (Å²) in [5.41, 5.74) is 1.43. The molecule has 1 fully saturated rings. The average Bonchev–Trinajstić information content (AvgIpc) is 3.67. The summed E-state index contributed by atoms with van der Waals surface area (Å²) in [6.45, 7) is 3.11. The van der Waals surface area contributed by atoms with Gasteiger partial charge in [-0.05, 0) is 31.2 Å². The number of nitrogens with zero attached hydrogens (tertiary/aromatic N) is 8. The van der Waals surface area contributed by atoms with E-state index in [0.717, 1.165) is 0 Å². The van der Waals surface area contributed by atoms with Crippen molar-refractivity contribution < 1.29 is 19.1 Å². The molecule has 1 amide bonds. The van der Waals surface area contributed by atoms with Crippen LogP contribution in [0.25, 0.3) is 16.7 Å². The summed E-state index contributed by atoms with van der Waals surface area (Å²) in [4.78, 5) is 63.7. The first-order valence-corrected chi connectivity index (χ1v) is 12.9. The Hall–Kier alpha value is -5.46. The normalized spacial score (nSPS) is 13.4. The highest BCUT2D eigenvalue weighted by Gasteiger charge is 2.31. The number of carbonyl (C=O) groups is 3. The summed E-state index contributed by atoms with van der Waals surface area (Å²) in [5.74, 6) is 0.326. The van der Waals surface area contributed by atoms with Crippen LogP contribution in [0.1, 0.15) is 32.2 Å². The van der Waals surface area contributed by atoms with E-state index in [4.69, 9.17) is 4.74 Å². The highest BCUT2D eigenvalue weighted by Crippen LogP contribution is 2.32. The van der Waals surface area contributed by atoms with E-state index in [-0.39, 0.29) is 24.4 Å². The lowest BCUT2D eigenvalue weighted by Crippen LogP contribution is -2.51. The Labute approximate surface area is 233 Å². The van der Waals surface area contributed by atoms with Crippen LogP contribution in [-0.2, 0) is 4.79 Å². The monoisotopic (exact) mass is 551 g/mol. The molecule has 0 bridgehead atoms. The number of aromatic nitrogens is 7. The molecule has 13 heteroatoms. The second-order valence-electron chi connectivity index (χ2n) is 9.37. The lowest BCUT2D eigenvalue weighted by atomic mass is 10.1. The number of H-pyrrole nitrogens is 1. The van der Waals surface area contributed by atoms with Gasteiger partial charge in [0.05, 0.1) is 35.3 Å². The molecule has 0 atom stereocenters. The number of amides is 1. The first-order valence-electron chi connectivity index (χ1n) is 12.9. The highest BCUT2D eigenvalue weighted by atomic mass is 16.5. The smallest absolute Gasteiger partial charge is 0.295 e. The van der Waals surface area contributed by atoms with Gasteiger partial charge in [0.25, 0.3) is 11.7 Å². The molecule has 1 N–H and O–H groups in total. The molecule has 0 aromatic carbocycles. The average molecular weight is 552 g/mol. The van der Waals surface area contributed by atoms with Crippen molar-refractivity contribution in [2.24, 2.45) is 0 Å². The van der Waals surface area contributed by atoms with Crippen LogP contribution >= 0.6 is 0 Å². The Morgan fingerprint density at radius 1 is 0.902 bits per heavy atom. The summed E-state index contributed by atoms with van der Waals surface area (Å²) in [7, 11) is 1.47. The van der Waals surface area contributed by atoms with Gasteiger partial charge in [-0.3, -0.25) is 19.4 Å². The fraction of sp³-hybridized carbons (Fsp3) is 0.214. The van der Waals surface area contributed by atoms with E-state index in [2.05, 4.69) is 30.0 Å². The van der Waals surface area contributed by atoms with E-state index in [1.54, 1.807) is 49.6 Å². The van der Waals surface area contributed by atoms with Gasteiger partial charge in [0.15, 0.2) is 5.82 Å². The van der Waals surface area contributed by atoms with Gasteiger partial charge in [-0.2, -0.15) is 5.10 Å². The van der Waals surface area contributed by atoms with Gasteiger partial charge in [-0.1, -0.05) is 6.07 Å². The van der Waals surface area contributed by atoms with E-state index < -0.39 is 11.7 Å². The number of ether oxygens (including phenoxy) is 1. The van der Waals surface area contributed by atoms with E-state index in [9.17, 15) is 14.4 Å². The number of piperazine rings is 1. The third kappa shape index (κ3) is 4.67. The molecule has 6 rings (SSSR count). The van der Waals surface area contributed by atoms with Crippen LogP contribution in [0.3, 0.4) is 0 Å². The van der Waals surface area contributed by atoms with Crippen LogP contribution in [0.4, 0.5) is 5.82 Å². The first-order chi connectivity index (χ1) is 20.0. The SMILES string of the molecule is COc1cnc(-n2cnc(C)n2)c2[nH]cc(C(=O)C(=O)N3CCN(c4ncccc4C(=O)c4ccccn4)CC3)c12. The Balaban J connectivity index is 1.22.